The van der Waals surface area contributed by atoms with Crippen molar-refractivity contribution in [3.05, 3.63) is 35.0 Å². The van der Waals surface area contributed by atoms with Crippen LogP contribution in [0.25, 0.3) is 10.9 Å². The molecule has 2 rings (SSSR count). The number of rotatable bonds is 5. The highest BCUT2D eigenvalue weighted by Crippen LogP contribution is 2.20. The van der Waals surface area contributed by atoms with E-state index in [-0.39, 0.29) is 12.5 Å². The smallest absolute Gasteiger partial charge is 0.270 e. The van der Waals surface area contributed by atoms with E-state index in [1.165, 1.54) is 0 Å². The van der Waals surface area contributed by atoms with E-state index in [1.54, 1.807) is 17.0 Å². The number of carbonyl (C=O) groups is 1. The van der Waals surface area contributed by atoms with Crippen molar-refractivity contribution in [1.82, 2.24) is 9.88 Å². The first-order valence-corrected chi connectivity index (χ1v) is 6.72. The quantitative estimate of drug-likeness (QED) is 0.885. The van der Waals surface area contributed by atoms with Crippen molar-refractivity contribution in [3.63, 3.8) is 0 Å². The monoisotopic (exact) mass is 280 g/mol. The minimum Gasteiger partial charge on any atom is -0.395 e. The van der Waals surface area contributed by atoms with Gasteiger partial charge in [0.1, 0.15) is 5.69 Å². The molecule has 1 aromatic heterocycles. The second-order valence-electron chi connectivity index (χ2n) is 4.43. The van der Waals surface area contributed by atoms with Crippen molar-refractivity contribution < 1.29 is 9.90 Å². The average molecular weight is 281 g/mol. The van der Waals surface area contributed by atoms with Crippen LogP contribution in [0.1, 0.15) is 23.8 Å². The van der Waals surface area contributed by atoms with Gasteiger partial charge in [-0.1, -0.05) is 18.5 Å². The van der Waals surface area contributed by atoms with Gasteiger partial charge in [-0.05, 0) is 30.7 Å². The Balaban J connectivity index is 2.29. The number of fused-ring (bicyclic) bond motifs is 1. The van der Waals surface area contributed by atoms with E-state index in [0.717, 1.165) is 17.3 Å². The normalized spacial score (nSPS) is 10.9. The Morgan fingerprint density at radius 3 is 2.84 bits per heavy atom. The maximum Gasteiger partial charge on any atom is 0.270 e. The Labute approximate surface area is 117 Å². The third-order valence-corrected chi connectivity index (χ3v) is 3.20. The molecule has 5 heteroatoms. The lowest BCUT2D eigenvalue weighted by Gasteiger charge is -2.20. The zero-order chi connectivity index (χ0) is 13.8. The number of aromatic nitrogens is 1. The van der Waals surface area contributed by atoms with E-state index in [2.05, 4.69) is 4.98 Å². The average Bonchev–Trinajstić information content (AvgIpc) is 2.80. The Bertz CT molecular complexity index is 574. The molecule has 0 radical (unpaired) electrons. The number of nitrogens with one attached hydrogen (secondary N) is 1. The fourth-order valence-electron chi connectivity index (χ4n) is 2.09. The minimum atomic E-state index is -0.0942. The number of nitrogens with zero attached hydrogens (tertiary/aromatic N) is 1. The summed E-state index contributed by atoms with van der Waals surface area (Å²) in [5.41, 5.74) is 1.41. The van der Waals surface area contributed by atoms with Crippen LogP contribution in [0.4, 0.5) is 0 Å². The molecule has 0 aliphatic carbocycles. The molecule has 0 atom stereocenters. The van der Waals surface area contributed by atoms with E-state index in [4.69, 9.17) is 16.7 Å². The van der Waals surface area contributed by atoms with Crippen LogP contribution < -0.4 is 0 Å². The summed E-state index contributed by atoms with van der Waals surface area (Å²) in [6.07, 6.45) is 0.859. The van der Waals surface area contributed by atoms with Crippen molar-refractivity contribution in [2.24, 2.45) is 0 Å². The number of aromatic amines is 1. The number of carbonyl (C=O) groups excluding carboxylic acids is 1. The fourth-order valence-corrected chi connectivity index (χ4v) is 2.28. The van der Waals surface area contributed by atoms with Crippen LogP contribution in [0.15, 0.2) is 24.3 Å². The van der Waals surface area contributed by atoms with Crippen LogP contribution >= 0.6 is 11.6 Å². The molecule has 2 aromatic rings. The van der Waals surface area contributed by atoms with Gasteiger partial charge in [0, 0.05) is 29.0 Å². The lowest BCUT2D eigenvalue weighted by Crippen LogP contribution is -2.34. The first kappa shape index (κ1) is 13.9. The third-order valence-electron chi connectivity index (χ3n) is 2.96. The van der Waals surface area contributed by atoms with E-state index in [1.807, 2.05) is 19.1 Å². The highest BCUT2D eigenvalue weighted by Gasteiger charge is 2.16. The molecule has 1 heterocycles. The van der Waals surface area contributed by atoms with Gasteiger partial charge in [-0.3, -0.25) is 4.79 Å². The maximum atomic E-state index is 12.3. The topological polar surface area (TPSA) is 56.3 Å². The summed E-state index contributed by atoms with van der Waals surface area (Å²) in [5, 5.41) is 10.6. The number of H-pyrrole nitrogens is 1. The zero-order valence-electron chi connectivity index (χ0n) is 10.8. The van der Waals surface area contributed by atoms with E-state index >= 15 is 0 Å². The molecule has 4 nitrogen and oxygen atoms in total. The molecule has 0 bridgehead atoms. The van der Waals surface area contributed by atoms with Crippen LogP contribution in [0.3, 0.4) is 0 Å². The molecule has 0 fully saturated rings. The standard InChI is InChI=1S/C14H17ClN2O2/c1-2-5-17(6-7-18)14(19)13-9-10-8-11(15)3-4-12(10)16-13/h3-4,8-9,16,18H,2,5-7H2,1H3. The molecule has 2 N–H and O–H groups in total. The van der Waals surface area contributed by atoms with Crippen molar-refractivity contribution in [2.45, 2.75) is 13.3 Å². The SMILES string of the molecule is CCCN(CCO)C(=O)c1cc2cc(Cl)ccc2[nH]1. The first-order valence-electron chi connectivity index (χ1n) is 6.34. The van der Waals surface area contributed by atoms with Crippen LogP contribution in [0, 0.1) is 0 Å². The van der Waals surface area contributed by atoms with Crippen molar-refractivity contribution >= 4 is 28.4 Å². The van der Waals surface area contributed by atoms with Gasteiger partial charge < -0.3 is 15.0 Å². The van der Waals surface area contributed by atoms with Crippen molar-refractivity contribution in [3.8, 4) is 0 Å². The highest BCUT2D eigenvalue weighted by atomic mass is 35.5. The third kappa shape index (κ3) is 3.08. The number of hydrogen-bond donors (Lipinski definition) is 2. The predicted octanol–water partition coefficient (Wildman–Crippen LogP) is 2.67. The minimum absolute atomic E-state index is 0.0300. The van der Waals surface area contributed by atoms with Gasteiger partial charge in [-0.15, -0.1) is 0 Å². The summed E-state index contributed by atoms with van der Waals surface area (Å²) in [6, 6.07) is 7.25. The number of aliphatic hydroxyl groups excluding tert-OH is 1. The molecule has 0 unspecified atom stereocenters. The maximum absolute atomic E-state index is 12.3. The molecule has 0 aliphatic heterocycles. The van der Waals surface area contributed by atoms with Crippen LogP contribution in [0.2, 0.25) is 5.02 Å². The Morgan fingerprint density at radius 2 is 2.16 bits per heavy atom. The highest BCUT2D eigenvalue weighted by molar-refractivity contribution is 6.31. The van der Waals surface area contributed by atoms with Crippen LogP contribution in [0.5, 0.6) is 0 Å². The molecule has 1 aromatic carbocycles. The second-order valence-corrected chi connectivity index (χ2v) is 4.87. The molecule has 0 saturated heterocycles. The number of benzene rings is 1. The molecule has 0 aliphatic rings. The Hall–Kier alpha value is -1.52. The second kappa shape index (κ2) is 6.08. The van der Waals surface area contributed by atoms with Gasteiger partial charge in [0.15, 0.2) is 0 Å². The van der Waals surface area contributed by atoms with Gasteiger partial charge in [0.25, 0.3) is 5.91 Å². The van der Waals surface area contributed by atoms with Gasteiger partial charge in [-0.25, -0.2) is 0 Å². The molecule has 19 heavy (non-hydrogen) atoms. The number of halogens is 1. The zero-order valence-corrected chi connectivity index (χ0v) is 11.6. The fraction of sp³-hybridized carbons (Fsp3) is 0.357. The summed E-state index contributed by atoms with van der Waals surface area (Å²) in [7, 11) is 0. The van der Waals surface area contributed by atoms with Gasteiger partial charge in [0.2, 0.25) is 0 Å². The first-order chi connectivity index (χ1) is 9.15. The Kier molecular flexibility index (Phi) is 4.45. The molecule has 0 saturated carbocycles. The van der Waals surface area contributed by atoms with Gasteiger partial charge in [0.05, 0.1) is 6.61 Å². The summed E-state index contributed by atoms with van der Waals surface area (Å²) in [4.78, 5) is 17.1. The van der Waals surface area contributed by atoms with E-state index in [0.29, 0.717) is 23.8 Å². The molecular weight excluding hydrogens is 264 g/mol. The summed E-state index contributed by atoms with van der Waals surface area (Å²) in [6.45, 7) is 2.96. The summed E-state index contributed by atoms with van der Waals surface area (Å²) in [5.74, 6) is -0.0942. The van der Waals surface area contributed by atoms with Crippen LogP contribution in [-0.4, -0.2) is 40.6 Å². The number of aliphatic hydroxyl groups is 1. The molecule has 102 valence electrons. The lowest BCUT2D eigenvalue weighted by molar-refractivity contribution is 0.0717. The van der Waals surface area contributed by atoms with Crippen molar-refractivity contribution in [1.29, 1.82) is 0 Å². The number of amides is 1. The molecular formula is C14H17ClN2O2. The summed E-state index contributed by atoms with van der Waals surface area (Å²) >= 11 is 5.93. The Morgan fingerprint density at radius 1 is 1.37 bits per heavy atom. The molecule has 0 spiro atoms. The number of hydrogen-bond acceptors (Lipinski definition) is 2. The lowest BCUT2D eigenvalue weighted by atomic mass is 10.2. The molecule has 1 amide bonds. The largest absolute Gasteiger partial charge is 0.395 e. The van der Waals surface area contributed by atoms with E-state index < -0.39 is 0 Å². The van der Waals surface area contributed by atoms with Gasteiger partial charge in [-0.2, -0.15) is 0 Å². The van der Waals surface area contributed by atoms with Crippen molar-refractivity contribution in [2.75, 3.05) is 19.7 Å². The van der Waals surface area contributed by atoms with Crippen LogP contribution in [-0.2, 0) is 0 Å². The van der Waals surface area contributed by atoms with Gasteiger partial charge >= 0.3 is 0 Å². The van der Waals surface area contributed by atoms with E-state index in [9.17, 15) is 4.79 Å². The predicted molar refractivity (Wildman–Crippen MR) is 76.6 cm³/mol. The summed E-state index contributed by atoms with van der Waals surface area (Å²) < 4.78 is 0.